The molecule has 1 aromatic carbocycles. The minimum atomic E-state index is -3.27. The first kappa shape index (κ1) is 13.7. The maximum atomic E-state index is 11.5. The first-order valence-corrected chi connectivity index (χ1v) is 8.12. The number of benzene rings is 1. The van der Waals surface area contributed by atoms with Crippen LogP contribution in [-0.2, 0) is 16.4 Å². The highest BCUT2D eigenvalue weighted by Crippen LogP contribution is 2.25. The number of nitrogens with zero attached hydrogens (tertiary/aromatic N) is 2. The second-order valence-electron chi connectivity index (χ2n) is 4.68. The van der Waals surface area contributed by atoms with Crippen molar-refractivity contribution in [3.63, 3.8) is 0 Å². The van der Waals surface area contributed by atoms with Crippen LogP contribution < -0.4 is 5.73 Å². The van der Waals surface area contributed by atoms with Crippen LogP contribution in [0.5, 0.6) is 0 Å². The lowest BCUT2D eigenvalue weighted by Gasteiger charge is -1.96. The molecule has 21 heavy (non-hydrogen) atoms. The van der Waals surface area contributed by atoms with Crippen molar-refractivity contribution in [1.29, 1.82) is 0 Å². The highest BCUT2D eigenvalue weighted by Gasteiger charge is 2.13. The Balaban J connectivity index is 2.08. The minimum Gasteiger partial charge on any atom is -0.435 e. The molecule has 3 aromatic rings. The zero-order valence-corrected chi connectivity index (χ0v) is 12.1. The van der Waals surface area contributed by atoms with Gasteiger partial charge in [-0.25, -0.2) is 13.4 Å². The zero-order chi connectivity index (χ0) is 15.0. The number of hydrogen-bond acceptors (Lipinski definition) is 6. The fraction of sp³-hybridized carbons (Fsp3) is 0.143. The van der Waals surface area contributed by atoms with Crippen LogP contribution in [-0.4, -0.2) is 24.6 Å². The SMILES string of the molecule is CS(=O)(=O)c1ccc2oc(-c3ccc(CN)cn3)nc2c1. The summed E-state index contributed by atoms with van der Waals surface area (Å²) in [4.78, 5) is 8.73. The van der Waals surface area contributed by atoms with Crippen molar-refractivity contribution < 1.29 is 12.8 Å². The van der Waals surface area contributed by atoms with E-state index in [4.69, 9.17) is 10.2 Å². The molecule has 7 heteroatoms. The van der Waals surface area contributed by atoms with E-state index in [9.17, 15) is 8.42 Å². The van der Waals surface area contributed by atoms with Gasteiger partial charge in [0.15, 0.2) is 15.4 Å². The number of sulfone groups is 1. The van der Waals surface area contributed by atoms with Crippen molar-refractivity contribution in [2.24, 2.45) is 5.73 Å². The quantitative estimate of drug-likeness (QED) is 0.791. The van der Waals surface area contributed by atoms with Crippen LogP contribution in [0.3, 0.4) is 0 Å². The number of hydrogen-bond donors (Lipinski definition) is 1. The van der Waals surface area contributed by atoms with Crippen LogP contribution >= 0.6 is 0 Å². The molecule has 6 nitrogen and oxygen atoms in total. The average molecular weight is 303 g/mol. The lowest BCUT2D eigenvalue weighted by atomic mass is 10.2. The fourth-order valence-electron chi connectivity index (χ4n) is 1.92. The van der Waals surface area contributed by atoms with Gasteiger partial charge in [-0.2, -0.15) is 0 Å². The molecular weight excluding hydrogens is 290 g/mol. The largest absolute Gasteiger partial charge is 0.435 e. The van der Waals surface area contributed by atoms with Gasteiger partial charge in [0.2, 0.25) is 5.89 Å². The molecule has 0 aliphatic rings. The second-order valence-corrected chi connectivity index (χ2v) is 6.69. The summed E-state index contributed by atoms with van der Waals surface area (Å²) in [7, 11) is -3.27. The summed E-state index contributed by atoms with van der Waals surface area (Å²) >= 11 is 0. The van der Waals surface area contributed by atoms with Gasteiger partial charge in [0.05, 0.1) is 4.90 Å². The molecule has 3 rings (SSSR count). The van der Waals surface area contributed by atoms with Gasteiger partial charge < -0.3 is 10.2 Å². The van der Waals surface area contributed by atoms with E-state index < -0.39 is 9.84 Å². The van der Waals surface area contributed by atoms with Crippen LogP contribution in [0, 0.1) is 0 Å². The van der Waals surface area contributed by atoms with E-state index in [2.05, 4.69) is 9.97 Å². The predicted molar refractivity (Wildman–Crippen MR) is 78.2 cm³/mol. The molecule has 0 bridgehead atoms. The molecular formula is C14H13N3O3S. The van der Waals surface area contributed by atoms with E-state index in [0.29, 0.717) is 29.2 Å². The second kappa shape index (κ2) is 4.94. The van der Waals surface area contributed by atoms with E-state index in [1.165, 1.54) is 12.1 Å². The Morgan fingerprint density at radius 1 is 1.24 bits per heavy atom. The fourth-order valence-corrected chi connectivity index (χ4v) is 2.56. The summed E-state index contributed by atoms with van der Waals surface area (Å²) < 4.78 is 28.7. The Morgan fingerprint density at radius 3 is 2.67 bits per heavy atom. The molecule has 2 N–H and O–H groups in total. The normalized spacial score (nSPS) is 11.9. The van der Waals surface area contributed by atoms with Crippen molar-refractivity contribution in [2.45, 2.75) is 11.4 Å². The summed E-state index contributed by atoms with van der Waals surface area (Å²) in [5.74, 6) is 0.347. The molecule has 0 atom stereocenters. The van der Waals surface area contributed by atoms with Gasteiger partial charge in [-0.15, -0.1) is 0 Å². The third kappa shape index (κ3) is 2.65. The summed E-state index contributed by atoms with van der Waals surface area (Å²) in [5, 5.41) is 0. The summed E-state index contributed by atoms with van der Waals surface area (Å²) in [5.41, 5.74) is 8.01. The smallest absolute Gasteiger partial charge is 0.246 e. The Morgan fingerprint density at radius 2 is 2.05 bits per heavy atom. The highest BCUT2D eigenvalue weighted by atomic mass is 32.2. The molecule has 0 saturated heterocycles. The Bertz CT molecular complexity index is 899. The maximum absolute atomic E-state index is 11.5. The molecule has 2 heterocycles. The zero-order valence-electron chi connectivity index (χ0n) is 11.3. The van der Waals surface area contributed by atoms with E-state index in [1.54, 1.807) is 18.3 Å². The van der Waals surface area contributed by atoms with Crippen molar-refractivity contribution in [3.8, 4) is 11.6 Å². The van der Waals surface area contributed by atoms with E-state index in [1.807, 2.05) is 6.07 Å². The van der Waals surface area contributed by atoms with Gasteiger partial charge in [0.1, 0.15) is 11.2 Å². The van der Waals surface area contributed by atoms with E-state index >= 15 is 0 Å². The Labute approximate surface area is 121 Å². The van der Waals surface area contributed by atoms with Crippen LogP contribution in [0.2, 0.25) is 0 Å². The van der Waals surface area contributed by atoms with Crippen molar-refractivity contribution in [1.82, 2.24) is 9.97 Å². The number of aromatic nitrogens is 2. The third-order valence-corrected chi connectivity index (χ3v) is 4.18. The van der Waals surface area contributed by atoms with Crippen molar-refractivity contribution in [3.05, 3.63) is 42.1 Å². The van der Waals surface area contributed by atoms with Gasteiger partial charge in [-0.1, -0.05) is 6.07 Å². The molecule has 0 saturated carbocycles. The van der Waals surface area contributed by atoms with Crippen LogP contribution in [0.15, 0.2) is 45.8 Å². The van der Waals surface area contributed by atoms with Gasteiger partial charge in [-0.3, -0.25) is 4.98 Å². The summed E-state index contributed by atoms with van der Waals surface area (Å²) in [6.45, 7) is 0.415. The van der Waals surface area contributed by atoms with E-state index in [0.717, 1.165) is 11.8 Å². The predicted octanol–water partition coefficient (Wildman–Crippen LogP) is 1.75. The number of rotatable bonds is 3. The first-order chi connectivity index (χ1) is 9.97. The molecule has 0 aliphatic carbocycles. The lowest BCUT2D eigenvalue weighted by molar-refractivity contribution is 0.602. The molecule has 0 radical (unpaired) electrons. The molecule has 0 spiro atoms. The third-order valence-electron chi connectivity index (χ3n) is 3.07. The Hall–Kier alpha value is -2.25. The molecule has 2 aromatic heterocycles. The number of oxazole rings is 1. The van der Waals surface area contributed by atoms with E-state index in [-0.39, 0.29) is 4.90 Å². The number of pyridine rings is 1. The molecule has 0 fully saturated rings. The maximum Gasteiger partial charge on any atom is 0.246 e. The van der Waals surface area contributed by atoms with Gasteiger partial charge in [0, 0.05) is 19.0 Å². The first-order valence-electron chi connectivity index (χ1n) is 6.23. The topological polar surface area (TPSA) is 99.1 Å². The standard InChI is InChI=1S/C14H13N3O3S/c1-21(18,19)10-3-5-13-12(6-10)17-14(20-13)11-4-2-9(7-15)8-16-11/h2-6,8H,7,15H2,1H3. The molecule has 0 aliphatic heterocycles. The number of nitrogens with two attached hydrogens (primary N) is 1. The summed E-state index contributed by atoms with van der Waals surface area (Å²) in [6.07, 6.45) is 2.81. The van der Waals surface area contributed by atoms with Crippen LogP contribution in [0.1, 0.15) is 5.56 Å². The lowest BCUT2D eigenvalue weighted by Crippen LogP contribution is -1.96. The monoisotopic (exact) mass is 303 g/mol. The minimum absolute atomic E-state index is 0.210. The Kier molecular flexibility index (Phi) is 3.23. The van der Waals surface area contributed by atoms with Crippen LogP contribution in [0.4, 0.5) is 0 Å². The van der Waals surface area contributed by atoms with Crippen molar-refractivity contribution in [2.75, 3.05) is 6.26 Å². The highest BCUT2D eigenvalue weighted by molar-refractivity contribution is 7.90. The van der Waals surface area contributed by atoms with Gasteiger partial charge in [-0.05, 0) is 29.8 Å². The van der Waals surface area contributed by atoms with Gasteiger partial charge >= 0.3 is 0 Å². The molecule has 0 unspecified atom stereocenters. The summed E-state index contributed by atoms with van der Waals surface area (Å²) in [6, 6.07) is 8.20. The van der Waals surface area contributed by atoms with Gasteiger partial charge in [0.25, 0.3) is 0 Å². The van der Waals surface area contributed by atoms with Crippen LogP contribution in [0.25, 0.3) is 22.7 Å². The average Bonchev–Trinajstić information content (AvgIpc) is 2.89. The molecule has 0 amide bonds. The molecule has 108 valence electrons. The number of fused-ring (bicyclic) bond motifs is 1. The van der Waals surface area contributed by atoms with Crippen molar-refractivity contribution >= 4 is 20.9 Å².